The molecule has 2 aromatic carbocycles. The number of hydrogen-bond acceptors (Lipinski definition) is 6. The number of pyridine rings is 1. The summed E-state index contributed by atoms with van der Waals surface area (Å²) in [4.78, 5) is 33.9. The summed E-state index contributed by atoms with van der Waals surface area (Å²) in [5.41, 5.74) is 14.3. The van der Waals surface area contributed by atoms with E-state index in [0.717, 1.165) is 92.2 Å². The lowest BCUT2D eigenvalue weighted by Gasteiger charge is -2.36. The maximum absolute atomic E-state index is 13.7. The zero-order valence-corrected chi connectivity index (χ0v) is 25.5. The van der Waals surface area contributed by atoms with Crippen LogP contribution in [0.1, 0.15) is 64.0 Å². The van der Waals surface area contributed by atoms with Gasteiger partial charge in [-0.05, 0) is 92.5 Å². The summed E-state index contributed by atoms with van der Waals surface area (Å²) < 4.78 is 5.49. The molecule has 1 amide bonds. The first-order valence-corrected chi connectivity index (χ1v) is 15.2. The molecule has 0 atom stereocenters. The number of benzene rings is 2. The maximum atomic E-state index is 13.7. The van der Waals surface area contributed by atoms with Crippen molar-refractivity contribution in [3.8, 4) is 11.1 Å². The number of aromatic nitrogens is 1. The fraction of sp³-hybridized carbons (Fsp3) is 0.471. The highest BCUT2D eigenvalue weighted by Crippen LogP contribution is 2.34. The molecule has 0 spiro atoms. The van der Waals surface area contributed by atoms with Crippen LogP contribution >= 0.6 is 0 Å². The van der Waals surface area contributed by atoms with Gasteiger partial charge in [-0.2, -0.15) is 0 Å². The number of nitrogens with two attached hydrogens (primary N) is 1. The molecular weight excluding hydrogens is 526 g/mol. The highest BCUT2D eigenvalue weighted by atomic mass is 16.5. The number of hydrogen-bond donors (Lipinski definition) is 3. The van der Waals surface area contributed by atoms with E-state index in [1.54, 1.807) is 0 Å². The molecule has 5 rings (SSSR count). The van der Waals surface area contributed by atoms with E-state index in [1.807, 2.05) is 32.9 Å². The van der Waals surface area contributed by atoms with Crippen LogP contribution in [0.4, 0.5) is 5.69 Å². The molecule has 0 bridgehead atoms. The van der Waals surface area contributed by atoms with Gasteiger partial charge in [-0.3, -0.25) is 14.5 Å². The van der Waals surface area contributed by atoms with Crippen molar-refractivity contribution in [3.05, 3.63) is 86.3 Å². The van der Waals surface area contributed by atoms with Crippen molar-refractivity contribution in [1.82, 2.24) is 15.2 Å². The van der Waals surface area contributed by atoms with E-state index < -0.39 is 0 Å². The molecule has 2 fully saturated rings. The minimum absolute atomic E-state index is 0.161. The molecule has 3 aromatic rings. The van der Waals surface area contributed by atoms with Gasteiger partial charge in [-0.15, -0.1) is 0 Å². The first kappa shape index (κ1) is 30.0. The van der Waals surface area contributed by atoms with Crippen molar-refractivity contribution in [2.45, 2.75) is 71.6 Å². The zero-order valence-electron chi connectivity index (χ0n) is 25.5. The lowest BCUT2D eigenvalue weighted by atomic mass is 9.89. The lowest BCUT2D eigenvalue weighted by molar-refractivity contribution is 0.0342. The fourth-order valence-corrected chi connectivity index (χ4v) is 6.34. The number of rotatable bonds is 8. The molecule has 2 aliphatic rings. The van der Waals surface area contributed by atoms with E-state index in [0.29, 0.717) is 17.2 Å². The van der Waals surface area contributed by atoms with Crippen molar-refractivity contribution < 1.29 is 9.53 Å². The molecule has 1 aromatic heterocycles. The number of H-pyrrole nitrogens is 1. The quantitative estimate of drug-likeness (QED) is 0.370. The summed E-state index contributed by atoms with van der Waals surface area (Å²) in [6.45, 7) is 10.3. The number of ether oxygens (including phenoxy) is 1. The lowest BCUT2D eigenvalue weighted by Crippen LogP contribution is -2.39. The second-order valence-electron chi connectivity index (χ2n) is 12.1. The molecule has 2 heterocycles. The molecule has 4 N–H and O–H groups in total. The molecule has 1 saturated heterocycles. The Kier molecular flexibility index (Phi) is 9.46. The van der Waals surface area contributed by atoms with Crippen LogP contribution < -0.4 is 21.5 Å². The van der Waals surface area contributed by atoms with Crippen LogP contribution in [0, 0.1) is 20.8 Å². The third kappa shape index (κ3) is 6.94. The number of carbonyl (C=O) groups excluding carboxylic acids is 1. The monoisotopic (exact) mass is 571 g/mol. The minimum atomic E-state index is -0.182. The van der Waals surface area contributed by atoms with Crippen molar-refractivity contribution in [2.75, 3.05) is 38.3 Å². The Bertz CT molecular complexity index is 1450. The standard InChI is InChI=1S/C34H45N5O3/c1-22-17-23(2)37-34(41)31(22)20-36-33(40)30-18-27(19-32(24(30)3)38(4)29-11-9-28(35)10-12-29)26-7-5-25(6-8-26)21-39-13-15-42-16-14-39/h5-8,17-19,28-29H,9-16,20-21,35H2,1-4H3,(H,36,40)(H,37,41). The smallest absolute Gasteiger partial charge is 0.253 e. The van der Waals surface area contributed by atoms with Crippen LogP contribution in [0.15, 0.2) is 47.3 Å². The van der Waals surface area contributed by atoms with Crippen LogP contribution in [-0.2, 0) is 17.8 Å². The van der Waals surface area contributed by atoms with Gasteiger partial charge in [0.15, 0.2) is 0 Å². The number of aromatic amines is 1. The number of morpholine rings is 1. The molecule has 1 aliphatic carbocycles. The predicted octanol–water partition coefficient (Wildman–Crippen LogP) is 4.44. The molecule has 8 heteroatoms. The van der Waals surface area contributed by atoms with E-state index in [-0.39, 0.29) is 24.1 Å². The Morgan fingerprint density at radius 1 is 1.02 bits per heavy atom. The van der Waals surface area contributed by atoms with Crippen molar-refractivity contribution in [1.29, 1.82) is 0 Å². The molecule has 224 valence electrons. The van der Waals surface area contributed by atoms with Crippen LogP contribution in [0.5, 0.6) is 0 Å². The van der Waals surface area contributed by atoms with Gasteiger partial charge in [0.1, 0.15) is 0 Å². The highest BCUT2D eigenvalue weighted by molar-refractivity contribution is 5.99. The molecule has 8 nitrogen and oxygen atoms in total. The van der Waals surface area contributed by atoms with Gasteiger partial charge in [-0.25, -0.2) is 0 Å². The first-order valence-electron chi connectivity index (χ1n) is 15.2. The van der Waals surface area contributed by atoms with Crippen LogP contribution in [0.3, 0.4) is 0 Å². The summed E-state index contributed by atoms with van der Waals surface area (Å²) >= 11 is 0. The number of aryl methyl sites for hydroxylation is 2. The Morgan fingerprint density at radius 2 is 1.71 bits per heavy atom. The topological polar surface area (TPSA) is 104 Å². The highest BCUT2D eigenvalue weighted by Gasteiger charge is 2.25. The van der Waals surface area contributed by atoms with Gasteiger partial charge in [0.05, 0.1) is 13.2 Å². The third-order valence-corrected chi connectivity index (χ3v) is 9.01. The van der Waals surface area contributed by atoms with Crippen molar-refractivity contribution >= 4 is 11.6 Å². The molecular formula is C34H45N5O3. The average molecular weight is 572 g/mol. The zero-order chi connectivity index (χ0) is 29.8. The summed E-state index contributed by atoms with van der Waals surface area (Å²) in [7, 11) is 2.13. The fourth-order valence-electron chi connectivity index (χ4n) is 6.34. The summed E-state index contributed by atoms with van der Waals surface area (Å²) in [5.74, 6) is -0.182. The van der Waals surface area contributed by atoms with E-state index >= 15 is 0 Å². The predicted molar refractivity (Wildman–Crippen MR) is 169 cm³/mol. The molecule has 1 aliphatic heterocycles. The number of nitrogens with one attached hydrogen (secondary N) is 2. The summed E-state index contributed by atoms with van der Waals surface area (Å²) in [5, 5.41) is 3.03. The molecule has 0 unspecified atom stereocenters. The normalized spacial score (nSPS) is 19.5. The van der Waals surface area contributed by atoms with Crippen molar-refractivity contribution in [2.24, 2.45) is 5.73 Å². The van der Waals surface area contributed by atoms with Gasteiger partial charge >= 0.3 is 0 Å². The minimum Gasteiger partial charge on any atom is -0.379 e. The second-order valence-corrected chi connectivity index (χ2v) is 12.1. The van der Waals surface area contributed by atoms with Gasteiger partial charge < -0.3 is 25.7 Å². The van der Waals surface area contributed by atoms with Crippen LogP contribution in [0.25, 0.3) is 11.1 Å². The number of nitrogens with zero attached hydrogens (tertiary/aromatic N) is 2. The summed E-state index contributed by atoms with van der Waals surface area (Å²) in [6.07, 6.45) is 4.09. The van der Waals surface area contributed by atoms with E-state index in [9.17, 15) is 9.59 Å². The molecule has 42 heavy (non-hydrogen) atoms. The Morgan fingerprint density at radius 3 is 2.38 bits per heavy atom. The number of amides is 1. The molecule has 0 radical (unpaired) electrons. The average Bonchev–Trinajstić information content (AvgIpc) is 2.97. The van der Waals surface area contributed by atoms with Gasteiger partial charge in [-0.1, -0.05) is 24.3 Å². The number of carbonyl (C=O) groups is 1. The SMILES string of the molecule is Cc1cc(C)c(CNC(=O)c2cc(-c3ccc(CN4CCOCC4)cc3)cc(N(C)C3CCC(N)CC3)c2C)c(=O)[nH]1. The van der Waals surface area contributed by atoms with Crippen LogP contribution in [0.2, 0.25) is 0 Å². The third-order valence-electron chi connectivity index (χ3n) is 9.01. The van der Waals surface area contributed by atoms with E-state index in [1.165, 1.54) is 5.56 Å². The molecule has 1 saturated carbocycles. The Hall–Kier alpha value is -3.46. The van der Waals surface area contributed by atoms with E-state index in [2.05, 4.69) is 57.5 Å². The maximum Gasteiger partial charge on any atom is 0.253 e. The largest absolute Gasteiger partial charge is 0.379 e. The summed E-state index contributed by atoms with van der Waals surface area (Å²) in [6, 6.07) is 15.5. The van der Waals surface area contributed by atoms with Gasteiger partial charge in [0, 0.05) is 67.8 Å². The first-order chi connectivity index (χ1) is 20.2. The Balaban J connectivity index is 1.44. The van der Waals surface area contributed by atoms with Crippen molar-refractivity contribution in [3.63, 3.8) is 0 Å². The number of anilines is 1. The van der Waals surface area contributed by atoms with Gasteiger partial charge in [0.2, 0.25) is 0 Å². The van der Waals surface area contributed by atoms with Crippen LogP contribution in [-0.4, -0.2) is 61.2 Å². The Labute approximate surface area is 249 Å². The van der Waals surface area contributed by atoms with Gasteiger partial charge in [0.25, 0.3) is 11.5 Å². The second kappa shape index (κ2) is 13.2. The van der Waals surface area contributed by atoms with E-state index in [4.69, 9.17) is 10.5 Å².